The monoisotopic (exact) mass is 312 g/mol. The first-order valence-corrected chi connectivity index (χ1v) is 7.70. The number of aromatic nitrogens is 1. The molecule has 0 radical (unpaired) electrons. The first-order valence-electron chi connectivity index (χ1n) is 5.33. The molecule has 2 rings (SSSR count). The average molecular weight is 313 g/mol. The molecule has 6 heteroatoms. The molecule has 1 aromatic heterocycles. The molecule has 0 saturated carbocycles. The molecule has 2 aromatic rings. The number of pyridine rings is 1. The third-order valence-corrected chi connectivity index (χ3v) is 4.68. The summed E-state index contributed by atoms with van der Waals surface area (Å²) in [6, 6.07) is 10.0. The highest BCUT2D eigenvalue weighted by Gasteiger charge is 2.10. The van der Waals surface area contributed by atoms with Crippen LogP contribution in [0.15, 0.2) is 52.9 Å². The van der Waals surface area contributed by atoms with E-state index in [4.69, 9.17) is 28.0 Å². The van der Waals surface area contributed by atoms with Gasteiger partial charge in [-0.25, -0.2) is 14.0 Å². The number of halogens is 2. The summed E-state index contributed by atoms with van der Waals surface area (Å²) in [6.07, 6.45) is 3.08. The van der Waals surface area contributed by atoms with Crippen molar-refractivity contribution >= 4 is 39.0 Å². The molecule has 0 fully saturated rings. The van der Waals surface area contributed by atoms with Gasteiger partial charge in [-0.15, -0.1) is 0 Å². The highest BCUT2D eigenvalue weighted by atomic mass is 35.5. The SMILES string of the molecule is N=S(=O)(/C=C/c1cccnc1Cl)c1ccccc1Cl. The molecule has 1 N–H and O–H groups in total. The van der Waals surface area contributed by atoms with Gasteiger partial charge < -0.3 is 0 Å². The standard InChI is InChI=1S/C13H10Cl2N2OS/c14-11-5-1-2-6-12(11)19(16,18)9-7-10-4-3-8-17-13(10)15/h1-9,16H/b9-7+. The molecule has 3 nitrogen and oxygen atoms in total. The lowest BCUT2D eigenvalue weighted by Gasteiger charge is -2.04. The lowest BCUT2D eigenvalue weighted by Crippen LogP contribution is -1.94. The van der Waals surface area contributed by atoms with Gasteiger partial charge in [0.1, 0.15) is 5.15 Å². The van der Waals surface area contributed by atoms with E-state index in [2.05, 4.69) is 4.98 Å². The number of nitrogens with one attached hydrogen (secondary N) is 1. The minimum absolute atomic E-state index is 0.285. The van der Waals surface area contributed by atoms with Gasteiger partial charge in [0.15, 0.2) is 0 Å². The van der Waals surface area contributed by atoms with Crippen LogP contribution in [0.5, 0.6) is 0 Å². The zero-order valence-corrected chi connectivity index (χ0v) is 12.0. The lowest BCUT2D eigenvalue weighted by atomic mass is 10.3. The molecule has 0 aliphatic carbocycles. The van der Waals surface area contributed by atoms with Crippen molar-refractivity contribution in [1.29, 1.82) is 4.78 Å². The van der Waals surface area contributed by atoms with Gasteiger partial charge in [0.25, 0.3) is 0 Å². The second-order valence-corrected chi connectivity index (χ2v) is 6.40. The van der Waals surface area contributed by atoms with E-state index in [0.29, 0.717) is 15.7 Å². The number of hydrogen-bond donors (Lipinski definition) is 1. The van der Waals surface area contributed by atoms with Gasteiger partial charge in [0, 0.05) is 17.2 Å². The molecular weight excluding hydrogens is 303 g/mol. The van der Waals surface area contributed by atoms with Gasteiger partial charge in [-0.2, -0.15) is 0 Å². The maximum Gasteiger partial charge on any atom is 0.136 e. The molecule has 19 heavy (non-hydrogen) atoms. The van der Waals surface area contributed by atoms with Crippen molar-refractivity contribution in [2.45, 2.75) is 4.90 Å². The summed E-state index contributed by atoms with van der Waals surface area (Å²) >= 11 is 11.8. The Kier molecular flexibility index (Phi) is 4.24. The van der Waals surface area contributed by atoms with E-state index in [1.165, 1.54) is 11.5 Å². The first kappa shape index (κ1) is 14.1. The number of benzene rings is 1. The van der Waals surface area contributed by atoms with Crippen molar-refractivity contribution < 1.29 is 4.21 Å². The Morgan fingerprint density at radius 1 is 1.16 bits per heavy atom. The fraction of sp³-hybridized carbons (Fsp3) is 0. The van der Waals surface area contributed by atoms with Crippen LogP contribution in [-0.4, -0.2) is 9.19 Å². The van der Waals surface area contributed by atoms with Crippen LogP contribution in [0.2, 0.25) is 10.2 Å². The first-order chi connectivity index (χ1) is 9.00. The van der Waals surface area contributed by atoms with Crippen LogP contribution in [0.3, 0.4) is 0 Å². The highest BCUT2D eigenvalue weighted by molar-refractivity contribution is 7.95. The molecule has 0 bridgehead atoms. The second kappa shape index (κ2) is 5.74. The molecular formula is C13H10Cl2N2OS. The number of rotatable bonds is 3. The maximum atomic E-state index is 12.3. The largest absolute Gasteiger partial charge is 0.245 e. The fourth-order valence-electron chi connectivity index (χ4n) is 1.46. The van der Waals surface area contributed by atoms with Crippen LogP contribution < -0.4 is 0 Å². The molecule has 1 heterocycles. The fourth-order valence-corrected chi connectivity index (χ4v) is 3.24. The normalized spacial score (nSPS) is 14.4. The zero-order valence-electron chi connectivity index (χ0n) is 9.72. The molecule has 0 saturated heterocycles. The molecule has 0 aliphatic heterocycles. The van der Waals surface area contributed by atoms with E-state index < -0.39 is 9.73 Å². The topological polar surface area (TPSA) is 53.8 Å². The van der Waals surface area contributed by atoms with E-state index in [1.54, 1.807) is 42.6 Å². The van der Waals surface area contributed by atoms with Crippen LogP contribution in [-0.2, 0) is 9.73 Å². The van der Waals surface area contributed by atoms with Gasteiger partial charge in [0.05, 0.1) is 19.6 Å². The second-order valence-electron chi connectivity index (χ2n) is 3.72. The molecule has 1 aromatic carbocycles. The van der Waals surface area contributed by atoms with E-state index in [9.17, 15) is 4.21 Å². The van der Waals surface area contributed by atoms with Gasteiger partial charge in [-0.3, -0.25) is 0 Å². The number of hydrogen-bond acceptors (Lipinski definition) is 3. The average Bonchev–Trinajstić information content (AvgIpc) is 2.38. The van der Waals surface area contributed by atoms with Crippen LogP contribution in [0, 0.1) is 4.78 Å². The van der Waals surface area contributed by atoms with Gasteiger partial charge in [0.2, 0.25) is 0 Å². The van der Waals surface area contributed by atoms with Crippen LogP contribution in [0.1, 0.15) is 5.56 Å². The highest BCUT2D eigenvalue weighted by Crippen LogP contribution is 2.24. The van der Waals surface area contributed by atoms with Crippen molar-refractivity contribution in [3.63, 3.8) is 0 Å². The van der Waals surface area contributed by atoms with E-state index in [-0.39, 0.29) is 4.90 Å². The summed E-state index contributed by atoms with van der Waals surface area (Å²) in [4.78, 5) is 4.19. The smallest absolute Gasteiger partial charge is 0.136 e. The Bertz CT molecular complexity index is 727. The predicted molar refractivity (Wildman–Crippen MR) is 78.9 cm³/mol. The molecule has 1 atom stereocenters. The van der Waals surface area contributed by atoms with Gasteiger partial charge >= 0.3 is 0 Å². The van der Waals surface area contributed by atoms with E-state index in [0.717, 1.165) is 0 Å². The van der Waals surface area contributed by atoms with Crippen molar-refractivity contribution in [2.24, 2.45) is 0 Å². The minimum atomic E-state index is -3.10. The van der Waals surface area contributed by atoms with Gasteiger partial charge in [-0.1, -0.05) is 41.4 Å². The molecule has 0 aliphatic rings. The Labute approximate surface area is 121 Å². The Morgan fingerprint density at radius 3 is 2.58 bits per heavy atom. The van der Waals surface area contributed by atoms with Gasteiger partial charge in [-0.05, 0) is 24.3 Å². The summed E-state index contributed by atoms with van der Waals surface area (Å²) < 4.78 is 20.2. The van der Waals surface area contributed by atoms with E-state index >= 15 is 0 Å². The molecule has 0 amide bonds. The molecule has 1 unspecified atom stereocenters. The summed E-state index contributed by atoms with van der Waals surface area (Å²) in [5.41, 5.74) is 0.608. The van der Waals surface area contributed by atoms with E-state index in [1.807, 2.05) is 0 Å². The summed E-state index contributed by atoms with van der Waals surface area (Å²) in [5.74, 6) is 0. The zero-order chi connectivity index (χ0) is 13.9. The third kappa shape index (κ3) is 3.35. The Balaban J connectivity index is 2.38. The molecule has 98 valence electrons. The maximum absolute atomic E-state index is 12.3. The molecule has 0 spiro atoms. The Morgan fingerprint density at radius 2 is 1.89 bits per heavy atom. The van der Waals surface area contributed by atoms with Crippen molar-refractivity contribution in [1.82, 2.24) is 4.98 Å². The van der Waals surface area contributed by atoms with Crippen molar-refractivity contribution in [2.75, 3.05) is 0 Å². The minimum Gasteiger partial charge on any atom is -0.245 e. The summed E-state index contributed by atoms with van der Waals surface area (Å²) in [6.45, 7) is 0. The van der Waals surface area contributed by atoms with Crippen LogP contribution in [0.25, 0.3) is 6.08 Å². The lowest BCUT2D eigenvalue weighted by molar-refractivity contribution is 0.681. The van der Waals surface area contributed by atoms with Crippen molar-refractivity contribution in [3.8, 4) is 0 Å². The van der Waals surface area contributed by atoms with Crippen LogP contribution >= 0.6 is 23.2 Å². The third-order valence-electron chi connectivity index (χ3n) is 2.39. The summed E-state index contributed by atoms with van der Waals surface area (Å²) in [5, 5.41) is 1.90. The number of nitrogens with zero attached hydrogens (tertiary/aromatic N) is 1. The summed E-state index contributed by atoms with van der Waals surface area (Å²) in [7, 11) is -3.10. The predicted octanol–water partition coefficient (Wildman–Crippen LogP) is 4.46. The Hall–Kier alpha value is -1.36. The van der Waals surface area contributed by atoms with Crippen LogP contribution in [0.4, 0.5) is 0 Å². The van der Waals surface area contributed by atoms with Crippen molar-refractivity contribution in [3.05, 3.63) is 63.7 Å². The quantitative estimate of drug-likeness (QED) is 0.850.